The van der Waals surface area contributed by atoms with Gasteiger partial charge in [-0.25, -0.2) is 0 Å². The van der Waals surface area contributed by atoms with Crippen LogP contribution in [0.25, 0.3) is 0 Å². The van der Waals surface area contributed by atoms with E-state index in [2.05, 4.69) is 11.1 Å². The van der Waals surface area contributed by atoms with Crippen molar-refractivity contribution in [2.24, 2.45) is 0 Å². The van der Waals surface area contributed by atoms with Crippen LogP contribution in [0.15, 0.2) is 53.7 Å². The lowest BCUT2D eigenvalue weighted by Crippen LogP contribution is -1.89. The van der Waals surface area contributed by atoms with Crippen LogP contribution in [0.5, 0.6) is 0 Å². The van der Waals surface area contributed by atoms with Crippen LogP contribution < -0.4 is 0 Å². The van der Waals surface area contributed by atoms with Gasteiger partial charge in [-0.15, -0.1) is 11.8 Å². The predicted molar refractivity (Wildman–Crippen MR) is 70.9 cm³/mol. The monoisotopic (exact) mass is 245 g/mol. The Morgan fingerprint density at radius 3 is 2.59 bits per heavy atom. The second-order valence-corrected chi connectivity index (χ2v) is 4.94. The minimum absolute atomic E-state index is 0.396. The van der Waals surface area contributed by atoms with E-state index in [0.29, 0.717) is 0 Å². The van der Waals surface area contributed by atoms with Gasteiger partial charge < -0.3 is 5.11 Å². The Labute approximate surface area is 106 Å². The summed E-state index contributed by atoms with van der Waals surface area (Å²) in [5, 5.41) is 9.41. The molecule has 0 radical (unpaired) electrons. The molecular weight excluding hydrogens is 230 g/mol. The van der Waals surface area contributed by atoms with Crippen LogP contribution in [0.3, 0.4) is 0 Å². The third-order valence-corrected chi connectivity index (χ3v) is 3.57. The van der Waals surface area contributed by atoms with Crippen molar-refractivity contribution in [2.45, 2.75) is 23.7 Å². The molecule has 0 fully saturated rings. The quantitative estimate of drug-likeness (QED) is 0.838. The van der Waals surface area contributed by atoms with E-state index in [4.69, 9.17) is 0 Å². The molecular formula is C14H15NOS. The van der Waals surface area contributed by atoms with Gasteiger partial charge in [0, 0.05) is 23.0 Å². The van der Waals surface area contributed by atoms with Crippen molar-refractivity contribution in [1.82, 2.24) is 4.98 Å². The zero-order valence-electron chi connectivity index (χ0n) is 9.71. The zero-order chi connectivity index (χ0) is 12.1. The largest absolute Gasteiger partial charge is 0.389 e. The van der Waals surface area contributed by atoms with Crippen molar-refractivity contribution >= 4 is 11.8 Å². The van der Waals surface area contributed by atoms with E-state index < -0.39 is 6.10 Å². The molecule has 88 valence electrons. The Morgan fingerprint density at radius 1 is 1.24 bits per heavy atom. The summed E-state index contributed by atoms with van der Waals surface area (Å²) in [6, 6.07) is 12.1. The van der Waals surface area contributed by atoms with E-state index >= 15 is 0 Å². The van der Waals surface area contributed by atoms with Crippen LogP contribution in [0.1, 0.15) is 24.2 Å². The summed E-state index contributed by atoms with van der Waals surface area (Å²) >= 11 is 1.77. The Morgan fingerprint density at radius 2 is 2.00 bits per heavy atom. The second-order valence-electron chi connectivity index (χ2n) is 3.89. The van der Waals surface area contributed by atoms with Gasteiger partial charge in [0.05, 0.1) is 6.10 Å². The van der Waals surface area contributed by atoms with Crippen molar-refractivity contribution in [2.75, 3.05) is 0 Å². The lowest BCUT2D eigenvalue weighted by atomic mass is 10.1. The van der Waals surface area contributed by atoms with Gasteiger partial charge in [0.1, 0.15) is 0 Å². The number of rotatable bonds is 4. The van der Waals surface area contributed by atoms with Crippen LogP contribution in [0.2, 0.25) is 0 Å². The number of hydrogen-bond acceptors (Lipinski definition) is 3. The lowest BCUT2D eigenvalue weighted by Gasteiger charge is -2.06. The van der Waals surface area contributed by atoms with Gasteiger partial charge in [-0.1, -0.05) is 18.2 Å². The highest BCUT2D eigenvalue weighted by Gasteiger charge is 2.01. The summed E-state index contributed by atoms with van der Waals surface area (Å²) in [7, 11) is 0. The smallest absolute Gasteiger partial charge is 0.0761 e. The van der Waals surface area contributed by atoms with E-state index in [-0.39, 0.29) is 0 Å². The van der Waals surface area contributed by atoms with Crippen LogP contribution >= 0.6 is 11.8 Å². The fourth-order valence-corrected chi connectivity index (χ4v) is 2.33. The topological polar surface area (TPSA) is 33.1 Å². The highest BCUT2D eigenvalue weighted by Crippen LogP contribution is 2.24. The summed E-state index contributed by atoms with van der Waals surface area (Å²) in [5.74, 6) is 0.919. The number of benzene rings is 1. The number of nitrogens with zero attached hydrogens (tertiary/aromatic N) is 1. The molecule has 0 aliphatic carbocycles. The van der Waals surface area contributed by atoms with Crippen LogP contribution in [-0.4, -0.2) is 10.1 Å². The molecule has 2 aromatic rings. The van der Waals surface area contributed by atoms with Crippen molar-refractivity contribution in [3.8, 4) is 0 Å². The van der Waals surface area contributed by atoms with Gasteiger partial charge in [0.25, 0.3) is 0 Å². The van der Waals surface area contributed by atoms with Gasteiger partial charge in [-0.2, -0.15) is 0 Å². The van der Waals surface area contributed by atoms with Crippen LogP contribution in [0, 0.1) is 0 Å². The fraction of sp³-hybridized carbons (Fsp3) is 0.214. The second kappa shape index (κ2) is 5.84. The summed E-state index contributed by atoms with van der Waals surface area (Å²) in [5.41, 5.74) is 2.17. The van der Waals surface area contributed by atoms with Gasteiger partial charge in [0.15, 0.2) is 0 Å². The molecule has 1 aromatic carbocycles. The predicted octanol–water partition coefficient (Wildman–Crippen LogP) is 3.43. The zero-order valence-corrected chi connectivity index (χ0v) is 10.5. The Kier molecular flexibility index (Phi) is 4.18. The summed E-state index contributed by atoms with van der Waals surface area (Å²) < 4.78 is 0. The maximum absolute atomic E-state index is 9.41. The third kappa shape index (κ3) is 3.58. The Balaban J connectivity index is 1.96. The summed E-state index contributed by atoms with van der Waals surface area (Å²) in [6.45, 7) is 1.78. The maximum atomic E-state index is 9.41. The molecule has 1 unspecified atom stereocenters. The lowest BCUT2D eigenvalue weighted by molar-refractivity contribution is 0.199. The first-order chi connectivity index (χ1) is 8.25. The first kappa shape index (κ1) is 12.1. The van der Waals surface area contributed by atoms with E-state index in [1.54, 1.807) is 24.9 Å². The van der Waals surface area contributed by atoms with E-state index in [0.717, 1.165) is 11.3 Å². The van der Waals surface area contributed by atoms with Crippen molar-refractivity contribution in [1.29, 1.82) is 0 Å². The molecule has 0 saturated carbocycles. The molecule has 2 rings (SSSR count). The average Bonchev–Trinajstić information content (AvgIpc) is 2.38. The molecule has 0 aliphatic heterocycles. The van der Waals surface area contributed by atoms with Crippen molar-refractivity contribution in [3.63, 3.8) is 0 Å². The fourth-order valence-electron chi connectivity index (χ4n) is 1.49. The summed E-state index contributed by atoms with van der Waals surface area (Å²) in [4.78, 5) is 5.29. The molecule has 1 heterocycles. The molecule has 2 nitrogen and oxygen atoms in total. The number of pyridine rings is 1. The van der Waals surface area contributed by atoms with Gasteiger partial charge in [-0.3, -0.25) is 4.98 Å². The molecule has 0 aliphatic rings. The van der Waals surface area contributed by atoms with Gasteiger partial charge in [-0.05, 0) is 36.2 Å². The molecule has 17 heavy (non-hydrogen) atoms. The number of hydrogen-bond donors (Lipinski definition) is 1. The molecule has 0 amide bonds. The molecule has 0 saturated heterocycles. The third-order valence-electron chi connectivity index (χ3n) is 2.49. The van der Waals surface area contributed by atoms with E-state index in [1.807, 2.05) is 36.5 Å². The molecule has 0 bridgehead atoms. The maximum Gasteiger partial charge on any atom is 0.0761 e. The first-order valence-electron chi connectivity index (χ1n) is 5.55. The standard InChI is InChI=1S/C14H15NOS/c1-11(16)13-4-6-14(7-5-13)17-10-12-3-2-8-15-9-12/h2-9,11,16H,10H2,1H3. The molecule has 1 atom stereocenters. The number of thioether (sulfide) groups is 1. The van der Waals surface area contributed by atoms with Crippen molar-refractivity contribution < 1.29 is 5.11 Å². The van der Waals surface area contributed by atoms with Gasteiger partial charge in [0.2, 0.25) is 0 Å². The van der Waals surface area contributed by atoms with E-state index in [9.17, 15) is 5.11 Å². The normalized spacial score (nSPS) is 12.4. The Hall–Kier alpha value is -1.32. The number of aliphatic hydroxyl groups is 1. The van der Waals surface area contributed by atoms with Crippen LogP contribution in [-0.2, 0) is 5.75 Å². The van der Waals surface area contributed by atoms with Gasteiger partial charge >= 0.3 is 0 Å². The highest BCUT2D eigenvalue weighted by atomic mass is 32.2. The average molecular weight is 245 g/mol. The highest BCUT2D eigenvalue weighted by molar-refractivity contribution is 7.98. The minimum atomic E-state index is -0.396. The minimum Gasteiger partial charge on any atom is -0.389 e. The van der Waals surface area contributed by atoms with Crippen molar-refractivity contribution in [3.05, 3.63) is 59.9 Å². The van der Waals surface area contributed by atoms with E-state index in [1.165, 1.54) is 10.5 Å². The summed E-state index contributed by atoms with van der Waals surface area (Å²) in [6.07, 6.45) is 3.27. The molecule has 3 heteroatoms. The van der Waals surface area contributed by atoms with Crippen LogP contribution in [0.4, 0.5) is 0 Å². The number of aromatic nitrogens is 1. The first-order valence-corrected chi connectivity index (χ1v) is 6.54. The molecule has 0 spiro atoms. The molecule has 1 N–H and O–H groups in total. The Bertz CT molecular complexity index is 453. The molecule has 1 aromatic heterocycles. The SMILES string of the molecule is CC(O)c1ccc(SCc2cccnc2)cc1. The number of aliphatic hydroxyl groups excluding tert-OH is 1.